The first kappa shape index (κ1) is 21.5. The highest BCUT2D eigenvalue weighted by Crippen LogP contribution is 2.29. The minimum absolute atomic E-state index is 0.163. The summed E-state index contributed by atoms with van der Waals surface area (Å²) in [5, 5.41) is 5.63. The topological polar surface area (TPSA) is 113 Å². The zero-order valence-electron chi connectivity index (χ0n) is 17.6. The fourth-order valence-electron chi connectivity index (χ4n) is 3.29. The van der Waals surface area contributed by atoms with Gasteiger partial charge in [-0.05, 0) is 57.7 Å². The van der Waals surface area contributed by atoms with Gasteiger partial charge in [-0.3, -0.25) is 14.4 Å². The highest BCUT2D eigenvalue weighted by atomic mass is 16.5. The lowest BCUT2D eigenvalue weighted by molar-refractivity contribution is -0.122. The second kappa shape index (κ2) is 9.56. The standard InChI is InChI=1S/C22H28N4O4/c1-4-11-30-18-9-8-15(21(28)25-17-7-5-6-10-23-22(17)29)12-16(18)19-24-14(3)13(2)20(27)26-19/h8-9,12,17H,4-7,10-11H2,1-3H3,(H,23,29)(H,25,28)(H,24,26,27). The van der Waals surface area contributed by atoms with Crippen LogP contribution in [0.2, 0.25) is 0 Å². The monoisotopic (exact) mass is 412 g/mol. The number of nitrogens with one attached hydrogen (secondary N) is 3. The summed E-state index contributed by atoms with van der Waals surface area (Å²) >= 11 is 0. The van der Waals surface area contributed by atoms with E-state index >= 15 is 0 Å². The van der Waals surface area contributed by atoms with Crippen LogP contribution in [0, 0.1) is 13.8 Å². The maximum Gasteiger partial charge on any atom is 0.254 e. The second-order valence-corrected chi connectivity index (χ2v) is 7.50. The maximum absolute atomic E-state index is 12.8. The number of carbonyl (C=O) groups is 2. The molecule has 1 unspecified atom stereocenters. The van der Waals surface area contributed by atoms with E-state index < -0.39 is 6.04 Å². The maximum atomic E-state index is 12.8. The molecule has 0 aliphatic carbocycles. The summed E-state index contributed by atoms with van der Waals surface area (Å²) in [6.07, 6.45) is 3.19. The van der Waals surface area contributed by atoms with Crippen LogP contribution in [0.3, 0.4) is 0 Å². The molecule has 0 saturated carbocycles. The molecule has 1 aromatic carbocycles. The lowest BCUT2D eigenvalue weighted by Crippen LogP contribution is -2.45. The first-order valence-corrected chi connectivity index (χ1v) is 10.3. The fraction of sp³-hybridized carbons (Fsp3) is 0.455. The third-order valence-corrected chi connectivity index (χ3v) is 5.19. The van der Waals surface area contributed by atoms with Crippen LogP contribution in [-0.4, -0.2) is 41.0 Å². The van der Waals surface area contributed by atoms with E-state index in [2.05, 4.69) is 20.6 Å². The summed E-state index contributed by atoms with van der Waals surface area (Å²) in [4.78, 5) is 44.5. The van der Waals surface area contributed by atoms with Crippen molar-refractivity contribution in [3.05, 3.63) is 45.4 Å². The Morgan fingerprint density at radius 1 is 1.27 bits per heavy atom. The van der Waals surface area contributed by atoms with Crippen LogP contribution in [0.4, 0.5) is 0 Å². The van der Waals surface area contributed by atoms with E-state index in [1.807, 2.05) is 6.92 Å². The normalized spacial score (nSPS) is 16.5. The molecule has 8 nitrogen and oxygen atoms in total. The van der Waals surface area contributed by atoms with Crippen molar-refractivity contribution in [2.24, 2.45) is 0 Å². The van der Waals surface area contributed by atoms with Crippen molar-refractivity contribution in [2.45, 2.75) is 52.5 Å². The molecule has 3 N–H and O–H groups in total. The summed E-state index contributed by atoms with van der Waals surface area (Å²) in [7, 11) is 0. The smallest absolute Gasteiger partial charge is 0.254 e. The predicted molar refractivity (Wildman–Crippen MR) is 114 cm³/mol. The third-order valence-electron chi connectivity index (χ3n) is 5.19. The molecule has 30 heavy (non-hydrogen) atoms. The largest absolute Gasteiger partial charge is 0.493 e. The highest BCUT2D eigenvalue weighted by molar-refractivity contribution is 5.98. The predicted octanol–water partition coefficient (Wildman–Crippen LogP) is 2.24. The van der Waals surface area contributed by atoms with Crippen molar-refractivity contribution >= 4 is 11.8 Å². The Balaban J connectivity index is 1.95. The molecule has 1 aromatic heterocycles. The highest BCUT2D eigenvalue weighted by Gasteiger charge is 2.23. The van der Waals surface area contributed by atoms with E-state index in [-0.39, 0.29) is 17.4 Å². The van der Waals surface area contributed by atoms with E-state index in [0.29, 0.717) is 53.5 Å². The molecular weight excluding hydrogens is 384 g/mol. The quantitative estimate of drug-likeness (QED) is 0.673. The minimum Gasteiger partial charge on any atom is -0.493 e. The molecular formula is C22H28N4O4. The van der Waals surface area contributed by atoms with Crippen LogP contribution in [0.15, 0.2) is 23.0 Å². The van der Waals surface area contributed by atoms with E-state index in [0.717, 1.165) is 19.3 Å². The van der Waals surface area contributed by atoms with Crippen molar-refractivity contribution in [3.63, 3.8) is 0 Å². The molecule has 1 fully saturated rings. The van der Waals surface area contributed by atoms with Gasteiger partial charge in [0.25, 0.3) is 11.5 Å². The van der Waals surface area contributed by atoms with E-state index in [4.69, 9.17) is 4.74 Å². The summed E-state index contributed by atoms with van der Waals surface area (Å²) in [6.45, 7) is 6.60. The summed E-state index contributed by atoms with van der Waals surface area (Å²) in [5.41, 5.74) is 1.82. The Morgan fingerprint density at radius 2 is 2.07 bits per heavy atom. The molecule has 2 heterocycles. The van der Waals surface area contributed by atoms with Crippen LogP contribution >= 0.6 is 0 Å². The van der Waals surface area contributed by atoms with E-state index in [1.54, 1.807) is 32.0 Å². The summed E-state index contributed by atoms with van der Waals surface area (Å²) < 4.78 is 5.81. The van der Waals surface area contributed by atoms with Crippen molar-refractivity contribution in [1.82, 2.24) is 20.6 Å². The lowest BCUT2D eigenvalue weighted by atomic mass is 10.1. The molecule has 0 bridgehead atoms. The zero-order valence-corrected chi connectivity index (χ0v) is 17.6. The van der Waals surface area contributed by atoms with Crippen LogP contribution in [0.5, 0.6) is 5.75 Å². The fourth-order valence-corrected chi connectivity index (χ4v) is 3.29. The van der Waals surface area contributed by atoms with Gasteiger partial charge in [-0.2, -0.15) is 0 Å². The zero-order chi connectivity index (χ0) is 21.7. The number of aryl methyl sites for hydroxylation is 1. The van der Waals surface area contributed by atoms with Gasteiger partial charge >= 0.3 is 0 Å². The Bertz CT molecular complexity index is 999. The molecule has 3 rings (SSSR count). The molecule has 8 heteroatoms. The molecule has 0 radical (unpaired) electrons. The van der Waals surface area contributed by atoms with Crippen molar-refractivity contribution in [3.8, 4) is 17.1 Å². The second-order valence-electron chi connectivity index (χ2n) is 7.50. The van der Waals surface area contributed by atoms with Crippen LogP contribution < -0.4 is 20.9 Å². The average Bonchev–Trinajstić information content (AvgIpc) is 2.94. The molecule has 2 amide bonds. The van der Waals surface area contributed by atoms with Crippen LogP contribution in [-0.2, 0) is 4.79 Å². The van der Waals surface area contributed by atoms with Gasteiger partial charge in [0.05, 0.1) is 12.2 Å². The number of amides is 2. The number of H-pyrrole nitrogens is 1. The van der Waals surface area contributed by atoms with Gasteiger partial charge in [0.15, 0.2) is 0 Å². The third kappa shape index (κ3) is 4.87. The van der Waals surface area contributed by atoms with Gasteiger partial charge in [-0.25, -0.2) is 4.98 Å². The van der Waals surface area contributed by atoms with Gasteiger partial charge < -0.3 is 20.4 Å². The van der Waals surface area contributed by atoms with Crippen LogP contribution in [0.25, 0.3) is 11.4 Å². The van der Waals surface area contributed by atoms with Gasteiger partial charge in [-0.15, -0.1) is 0 Å². The SMILES string of the molecule is CCCOc1ccc(C(=O)NC2CCCCNC2=O)cc1-c1nc(C)c(C)c(=O)[nH]1. The molecule has 1 aliphatic heterocycles. The van der Waals surface area contributed by atoms with Crippen LogP contribution in [0.1, 0.15) is 54.2 Å². The Labute approximate surface area is 175 Å². The van der Waals surface area contributed by atoms with Crippen molar-refractivity contribution in [2.75, 3.05) is 13.2 Å². The van der Waals surface area contributed by atoms with E-state index in [1.165, 1.54) is 0 Å². The Hall–Kier alpha value is -3.16. The number of hydrogen-bond donors (Lipinski definition) is 3. The van der Waals surface area contributed by atoms with Gasteiger partial charge in [0, 0.05) is 23.4 Å². The van der Waals surface area contributed by atoms with Gasteiger partial charge in [0.1, 0.15) is 17.6 Å². The number of benzene rings is 1. The number of rotatable bonds is 6. The molecule has 1 atom stereocenters. The van der Waals surface area contributed by atoms with Crippen molar-refractivity contribution in [1.29, 1.82) is 0 Å². The minimum atomic E-state index is -0.556. The lowest BCUT2D eigenvalue weighted by Gasteiger charge is -2.17. The first-order valence-electron chi connectivity index (χ1n) is 10.3. The average molecular weight is 412 g/mol. The number of ether oxygens (including phenoxy) is 1. The molecule has 160 valence electrons. The molecule has 0 spiro atoms. The Kier molecular flexibility index (Phi) is 6.87. The Morgan fingerprint density at radius 3 is 2.80 bits per heavy atom. The molecule has 1 saturated heterocycles. The molecule has 1 aliphatic rings. The number of nitrogens with zero attached hydrogens (tertiary/aromatic N) is 1. The van der Waals surface area contributed by atoms with Gasteiger partial charge in [0.2, 0.25) is 5.91 Å². The summed E-state index contributed by atoms with van der Waals surface area (Å²) in [6, 6.07) is 4.43. The number of aromatic nitrogens is 2. The first-order chi connectivity index (χ1) is 14.4. The van der Waals surface area contributed by atoms with E-state index in [9.17, 15) is 14.4 Å². The van der Waals surface area contributed by atoms with Crippen molar-refractivity contribution < 1.29 is 14.3 Å². The number of hydrogen-bond acceptors (Lipinski definition) is 5. The van der Waals surface area contributed by atoms with Gasteiger partial charge in [-0.1, -0.05) is 6.92 Å². The molecule has 2 aromatic rings. The number of aromatic amines is 1. The summed E-state index contributed by atoms with van der Waals surface area (Å²) in [5.74, 6) is 0.360. The number of carbonyl (C=O) groups excluding carboxylic acids is 2.